The Kier molecular flexibility index (Phi) is 21.6. The van der Waals surface area contributed by atoms with Gasteiger partial charge < -0.3 is 10.3 Å². The lowest BCUT2D eigenvalue weighted by molar-refractivity contribution is -0.742. The molecule has 0 atom stereocenters. The van der Waals surface area contributed by atoms with Crippen LogP contribution in [0.2, 0.25) is 0 Å². The molecule has 2 N–H and O–H groups in total. The minimum Gasteiger partial charge on any atom is -0.393 e. The summed E-state index contributed by atoms with van der Waals surface area (Å²) in [6, 6.07) is 0. The molecule has 2 fully saturated rings. The highest BCUT2D eigenvalue weighted by Gasteiger charge is 2.05. The zero-order valence-corrected chi connectivity index (χ0v) is 19.2. The lowest BCUT2D eigenvalue weighted by Crippen LogP contribution is -2.06. The van der Waals surface area contributed by atoms with Crippen LogP contribution in [0, 0.1) is 10.1 Å². The predicted molar refractivity (Wildman–Crippen MR) is 121 cm³/mol. The van der Waals surface area contributed by atoms with E-state index >= 15 is 0 Å². The van der Waals surface area contributed by atoms with Gasteiger partial charge in [-0.1, -0.05) is 103 Å². The Hall–Kier alpha value is -1.17. The monoisotopic (exact) mass is 429 g/mol. The van der Waals surface area contributed by atoms with E-state index in [9.17, 15) is 9.90 Å². The molecular weight excluding hydrogens is 382 g/mol. The molecule has 6 nitrogen and oxygen atoms in total. The first-order valence-corrected chi connectivity index (χ1v) is 12.6. The highest BCUT2D eigenvalue weighted by Crippen LogP contribution is 2.17. The summed E-state index contributed by atoms with van der Waals surface area (Å²) in [5, 5.41) is 23.2. The standard InChI is InChI=1S/C12H24O.C12H22O.HNO3/c2*13-12-10-8-6-4-2-1-3-5-7-9-11-12;2-1(3)4/h12-13H,1-11H2;1-11H2;(H,2,3,4). The number of aliphatic hydroxyl groups is 1. The Morgan fingerprint density at radius 2 is 0.833 bits per heavy atom. The molecule has 2 aliphatic carbocycles. The smallest absolute Gasteiger partial charge is 0.291 e. The second-order valence-corrected chi connectivity index (χ2v) is 8.87. The van der Waals surface area contributed by atoms with Gasteiger partial charge in [-0.05, 0) is 25.7 Å². The van der Waals surface area contributed by atoms with Gasteiger partial charge in [0.2, 0.25) is 0 Å². The van der Waals surface area contributed by atoms with Crippen molar-refractivity contribution in [3.8, 4) is 0 Å². The Balaban J connectivity index is 0.000000477. The number of aliphatic hydroxyl groups excluding tert-OH is 1. The quantitative estimate of drug-likeness (QED) is 0.314. The molecule has 0 aromatic heterocycles. The van der Waals surface area contributed by atoms with Gasteiger partial charge in [-0.15, -0.1) is 10.1 Å². The van der Waals surface area contributed by atoms with Gasteiger partial charge in [-0.25, -0.2) is 0 Å². The van der Waals surface area contributed by atoms with Crippen LogP contribution in [0.4, 0.5) is 0 Å². The van der Waals surface area contributed by atoms with Gasteiger partial charge in [0, 0.05) is 12.8 Å². The lowest BCUT2D eigenvalue weighted by Gasteiger charge is -2.11. The van der Waals surface area contributed by atoms with Gasteiger partial charge in [0.25, 0.3) is 5.09 Å². The molecule has 2 saturated carbocycles. The van der Waals surface area contributed by atoms with Gasteiger partial charge in [0.05, 0.1) is 6.10 Å². The minimum absolute atomic E-state index is 0.000531. The number of ketones is 1. The van der Waals surface area contributed by atoms with Gasteiger partial charge in [0.15, 0.2) is 0 Å². The molecular formula is C24H47NO5. The second-order valence-electron chi connectivity index (χ2n) is 8.87. The lowest BCUT2D eigenvalue weighted by atomic mass is 10.00. The maximum absolute atomic E-state index is 11.3. The van der Waals surface area contributed by atoms with E-state index in [0.29, 0.717) is 5.78 Å². The van der Waals surface area contributed by atoms with Crippen molar-refractivity contribution in [2.75, 3.05) is 0 Å². The third kappa shape index (κ3) is 24.9. The molecule has 0 heterocycles. The Morgan fingerprint density at radius 3 is 1.13 bits per heavy atom. The Bertz CT molecular complexity index is 373. The van der Waals surface area contributed by atoms with Crippen LogP contribution in [0.3, 0.4) is 0 Å². The van der Waals surface area contributed by atoms with Crippen molar-refractivity contribution in [3.63, 3.8) is 0 Å². The van der Waals surface area contributed by atoms with Crippen molar-refractivity contribution in [1.82, 2.24) is 0 Å². The number of nitrogens with zero attached hydrogens (tertiary/aromatic N) is 1. The van der Waals surface area contributed by atoms with E-state index in [1.54, 1.807) is 0 Å². The summed E-state index contributed by atoms with van der Waals surface area (Å²) in [5.74, 6) is 0.501. The number of carbonyl (C=O) groups is 1. The van der Waals surface area contributed by atoms with Gasteiger partial charge in [-0.3, -0.25) is 4.79 Å². The SMILES string of the molecule is O=C1CCCCCCCCCCC1.O=[N+]([O-])O.OC1CCCCCCCCCCC1. The average Bonchev–Trinajstić information content (AvgIpc) is 2.67. The molecule has 0 aliphatic heterocycles. The predicted octanol–water partition coefficient (Wildman–Crippen LogP) is 7.16. The summed E-state index contributed by atoms with van der Waals surface area (Å²) in [7, 11) is 0. The third-order valence-corrected chi connectivity index (χ3v) is 5.99. The maximum Gasteiger partial charge on any atom is 0.291 e. The van der Waals surface area contributed by atoms with Crippen LogP contribution in [0.25, 0.3) is 0 Å². The van der Waals surface area contributed by atoms with Crippen LogP contribution in [-0.4, -0.2) is 27.3 Å². The van der Waals surface area contributed by atoms with Crippen molar-refractivity contribution in [3.05, 3.63) is 10.1 Å². The topological polar surface area (TPSA) is 101 Å². The van der Waals surface area contributed by atoms with Crippen molar-refractivity contribution >= 4 is 5.78 Å². The fourth-order valence-electron chi connectivity index (χ4n) is 4.15. The Labute approximate surface area is 183 Å². The summed E-state index contributed by atoms with van der Waals surface area (Å²) in [5.41, 5.74) is 0. The molecule has 0 bridgehead atoms. The fraction of sp³-hybridized carbons (Fsp3) is 0.958. The molecule has 0 aromatic rings. The van der Waals surface area contributed by atoms with E-state index in [2.05, 4.69) is 0 Å². The van der Waals surface area contributed by atoms with E-state index in [1.807, 2.05) is 0 Å². The number of hydrogen-bond acceptors (Lipinski definition) is 4. The van der Waals surface area contributed by atoms with Gasteiger partial charge >= 0.3 is 0 Å². The van der Waals surface area contributed by atoms with Crippen LogP contribution < -0.4 is 0 Å². The normalized spacial score (nSPS) is 21.6. The highest BCUT2D eigenvalue weighted by atomic mass is 16.9. The molecule has 178 valence electrons. The van der Waals surface area contributed by atoms with Crippen LogP contribution in [0.1, 0.15) is 141 Å². The van der Waals surface area contributed by atoms with E-state index < -0.39 is 5.09 Å². The summed E-state index contributed by atoms with van der Waals surface area (Å²) in [6.45, 7) is 0. The largest absolute Gasteiger partial charge is 0.393 e. The first kappa shape index (κ1) is 28.8. The summed E-state index contributed by atoms with van der Waals surface area (Å²) in [6.07, 6.45) is 27.6. The number of Topliss-reactive ketones (excluding diaryl/α,β-unsaturated/α-hetero) is 1. The second kappa shape index (κ2) is 22.5. The van der Waals surface area contributed by atoms with Gasteiger partial charge in [0.1, 0.15) is 5.78 Å². The molecule has 0 unspecified atom stereocenters. The summed E-state index contributed by atoms with van der Waals surface area (Å²) >= 11 is 0. The van der Waals surface area contributed by atoms with E-state index in [1.165, 1.54) is 103 Å². The zero-order chi connectivity index (χ0) is 22.3. The molecule has 6 heteroatoms. The zero-order valence-electron chi connectivity index (χ0n) is 19.2. The summed E-state index contributed by atoms with van der Waals surface area (Å²) in [4.78, 5) is 19.7. The first-order chi connectivity index (χ1) is 14.5. The van der Waals surface area contributed by atoms with Crippen LogP contribution in [0.15, 0.2) is 0 Å². The van der Waals surface area contributed by atoms with Crippen LogP contribution in [-0.2, 0) is 4.79 Å². The summed E-state index contributed by atoms with van der Waals surface area (Å²) < 4.78 is 0. The van der Waals surface area contributed by atoms with Crippen molar-refractivity contribution in [2.45, 2.75) is 147 Å². The molecule has 0 amide bonds. The molecule has 0 spiro atoms. The van der Waals surface area contributed by atoms with E-state index in [4.69, 9.17) is 15.3 Å². The third-order valence-electron chi connectivity index (χ3n) is 5.99. The number of rotatable bonds is 0. The van der Waals surface area contributed by atoms with E-state index in [0.717, 1.165) is 38.5 Å². The van der Waals surface area contributed by atoms with Crippen LogP contribution >= 0.6 is 0 Å². The number of carbonyl (C=O) groups excluding carboxylic acids is 1. The van der Waals surface area contributed by atoms with Crippen molar-refractivity contribution < 1.29 is 20.2 Å². The molecule has 0 radical (unpaired) electrons. The van der Waals surface area contributed by atoms with Gasteiger partial charge in [-0.2, -0.15) is 0 Å². The maximum atomic E-state index is 11.3. The van der Waals surface area contributed by atoms with E-state index in [-0.39, 0.29) is 6.10 Å². The Morgan fingerprint density at radius 1 is 0.600 bits per heavy atom. The molecule has 30 heavy (non-hydrogen) atoms. The molecule has 0 saturated heterocycles. The van der Waals surface area contributed by atoms with Crippen molar-refractivity contribution in [1.29, 1.82) is 0 Å². The average molecular weight is 430 g/mol. The number of hydrogen-bond donors (Lipinski definition) is 2. The molecule has 2 rings (SSSR count). The minimum atomic E-state index is -1.50. The fourth-order valence-corrected chi connectivity index (χ4v) is 4.15. The first-order valence-electron chi connectivity index (χ1n) is 12.6. The molecule has 2 aliphatic rings. The molecule has 0 aromatic carbocycles. The van der Waals surface area contributed by atoms with Crippen LogP contribution in [0.5, 0.6) is 0 Å². The van der Waals surface area contributed by atoms with Crippen molar-refractivity contribution in [2.24, 2.45) is 0 Å². The highest BCUT2D eigenvalue weighted by molar-refractivity contribution is 5.78.